The van der Waals surface area contributed by atoms with Gasteiger partial charge in [-0.1, -0.05) is 31.1 Å². The highest BCUT2D eigenvalue weighted by molar-refractivity contribution is 5.98. The topological polar surface area (TPSA) is 75.4 Å². The van der Waals surface area contributed by atoms with Gasteiger partial charge in [-0.25, -0.2) is 4.98 Å². The van der Waals surface area contributed by atoms with Gasteiger partial charge in [-0.05, 0) is 31.4 Å². The molecule has 1 fully saturated rings. The first-order valence-electron chi connectivity index (χ1n) is 11.7. The minimum atomic E-state index is -4.47. The van der Waals surface area contributed by atoms with E-state index in [4.69, 9.17) is 9.51 Å². The smallest absolute Gasteiger partial charge is 0.354 e. The molecule has 34 heavy (non-hydrogen) atoms. The largest absolute Gasteiger partial charge is 0.416 e. The molecule has 0 spiro atoms. The highest BCUT2D eigenvalue weighted by atomic mass is 19.4. The SMILES string of the molecule is CCCC(=O)N1CCCN(c2nc(CCC)nc3onc(-c4cccc(C(F)(F)F)c4)c23)CC1. The van der Waals surface area contributed by atoms with Crippen molar-refractivity contribution >= 4 is 22.8 Å². The highest BCUT2D eigenvalue weighted by Gasteiger charge is 2.31. The van der Waals surface area contributed by atoms with Gasteiger partial charge in [0.1, 0.15) is 22.7 Å². The van der Waals surface area contributed by atoms with Gasteiger partial charge in [0.15, 0.2) is 0 Å². The molecule has 1 aliphatic heterocycles. The fraction of sp³-hybridized carbons (Fsp3) is 0.500. The standard InChI is InChI=1S/C24H28F3N5O2/c1-3-7-18-28-22(32-12-6-11-31(13-14-32)19(33)8-4-2)20-21(30-34-23(20)29-18)16-9-5-10-17(15-16)24(25,26)27/h5,9-10,15H,3-4,6-8,11-14H2,1-2H3. The van der Waals surface area contributed by atoms with E-state index < -0.39 is 11.7 Å². The van der Waals surface area contributed by atoms with E-state index in [-0.39, 0.29) is 22.9 Å². The molecule has 0 aliphatic carbocycles. The Morgan fingerprint density at radius 1 is 1.09 bits per heavy atom. The van der Waals surface area contributed by atoms with Crippen LogP contribution in [0.4, 0.5) is 19.0 Å². The normalized spacial score (nSPS) is 15.1. The predicted molar refractivity (Wildman–Crippen MR) is 122 cm³/mol. The average molecular weight is 476 g/mol. The molecule has 0 unspecified atom stereocenters. The Kier molecular flexibility index (Phi) is 7.04. The number of alkyl halides is 3. The van der Waals surface area contributed by atoms with Crippen LogP contribution in [0.3, 0.4) is 0 Å². The van der Waals surface area contributed by atoms with Crippen molar-refractivity contribution in [2.45, 2.75) is 52.1 Å². The summed E-state index contributed by atoms with van der Waals surface area (Å²) in [4.78, 5) is 25.6. The van der Waals surface area contributed by atoms with Crippen LogP contribution in [0.25, 0.3) is 22.4 Å². The number of aromatic nitrogens is 3. The van der Waals surface area contributed by atoms with Crippen LogP contribution in [0.5, 0.6) is 0 Å². The molecule has 0 bridgehead atoms. The molecule has 0 atom stereocenters. The predicted octanol–water partition coefficient (Wildman–Crippen LogP) is 5.09. The first kappa shape index (κ1) is 24.0. The van der Waals surface area contributed by atoms with Crippen LogP contribution in [0.1, 0.15) is 50.9 Å². The van der Waals surface area contributed by atoms with Gasteiger partial charge in [-0.15, -0.1) is 0 Å². The molecule has 1 aromatic carbocycles. The highest BCUT2D eigenvalue weighted by Crippen LogP contribution is 2.37. The van der Waals surface area contributed by atoms with Crippen molar-refractivity contribution in [3.8, 4) is 11.3 Å². The molecular formula is C24H28F3N5O2. The molecule has 4 rings (SSSR count). The molecule has 1 amide bonds. The second kappa shape index (κ2) is 9.99. The van der Waals surface area contributed by atoms with Crippen LogP contribution in [-0.4, -0.2) is 52.1 Å². The van der Waals surface area contributed by atoms with Crippen LogP contribution in [0.15, 0.2) is 28.8 Å². The molecule has 10 heteroatoms. The molecule has 0 saturated carbocycles. The Morgan fingerprint density at radius 3 is 2.65 bits per heavy atom. The molecule has 1 aliphatic rings. The number of carbonyl (C=O) groups is 1. The summed E-state index contributed by atoms with van der Waals surface area (Å²) in [7, 11) is 0. The first-order valence-corrected chi connectivity index (χ1v) is 11.7. The van der Waals surface area contributed by atoms with Crippen molar-refractivity contribution < 1.29 is 22.5 Å². The molecule has 0 radical (unpaired) electrons. The average Bonchev–Trinajstić information content (AvgIpc) is 3.07. The van der Waals surface area contributed by atoms with Gasteiger partial charge < -0.3 is 14.3 Å². The van der Waals surface area contributed by atoms with E-state index in [1.54, 1.807) is 6.07 Å². The van der Waals surface area contributed by atoms with Gasteiger partial charge in [-0.2, -0.15) is 18.2 Å². The molecule has 1 saturated heterocycles. The van der Waals surface area contributed by atoms with Crippen LogP contribution in [0.2, 0.25) is 0 Å². The zero-order valence-corrected chi connectivity index (χ0v) is 19.4. The summed E-state index contributed by atoms with van der Waals surface area (Å²) < 4.78 is 45.5. The number of anilines is 1. The van der Waals surface area contributed by atoms with Gasteiger partial charge in [0.05, 0.1) is 5.56 Å². The molecule has 3 heterocycles. The maximum absolute atomic E-state index is 13.3. The molecule has 7 nitrogen and oxygen atoms in total. The van der Waals surface area contributed by atoms with Crippen molar-refractivity contribution in [2.75, 3.05) is 31.1 Å². The van der Waals surface area contributed by atoms with E-state index >= 15 is 0 Å². The second-order valence-corrected chi connectivity index (χ2v) is 8.47. The Bertz CT molecular complexity index is 1160. The Balaban J connectivity index is 1.77. The van der Waals surface area contributed by atoms with Crippen molar-refractivity contribution in [1.82, 2.24) is 20.0 Å². The van der Waals surface area contributed by atoms with E-state index in [2.05, 4.69) is 15.0 Å². The van der Waals surface area contributed by atoms with Crippen molar-refractivity contribution in [3.63, 3.8) is 0 Å². The molecule has 2 aromatic heterocycles. The third-order valence-corrected chi connectivity index (χ3v) is 5.91. The number of amides is 1. The number of benzene rings is 1. The third-order valence-electron chi connectivity index (χ3n) is 5.91. The monoisotopic (exact) mass is 475 g/mol. The number of fused-ring (bicyclic) bond motifs is 1. The summed E-state index contributed by atoms with van der Waals surface area (Å²) in [5, 5.41) is 4.59. The van der Waals surface area contributed by atoms with E-state index in [1.807, 2.05) is 18.7 Å². The molecule has 0 N–H and O–H groups in total. The minimum Gasteiger partial charge on any atom is -0.354 e. The summed E-state index contributed by atoms with van der Waals surface area (Å²) in [6, 6.07) is 5.02. The van der Waals surface area contributed by atoms with Gasteiger partial charge in [0.2, 0.25) is 5.91 Å². The van der Waals surface area contributed by atoms with Crippen LogP contribution < -0.4 is 4.90 Å². The third kappa shape index (κ3) is 5.00. The zero-order valence-electron chi connectivity index (χ0n) is 19.4. The quantitative estimate of drug-likeness (QED) is 0.494. The summed E-state index contributed by atoms with van der Waals surface area (Å²) in [5.41, 5.74) is 0.0636. The van der Waals surface area contributed by atoms with Crippen molar-refractivity contribution in [1.29, 1.82) is 0 Å². The number of nitrogens with zero attached hydrogens (tertiary/aromatic N) is 5. The van der Waals surface area contributed by atoms with E-state index in [0.717, 1.165) is 31.4 Å². The first-order chi connectivity index (χ1) is 16.3. The second-order valence-electron chi connectivity index (χ2n) is 8.47. The molecule has 182 valence electrons. The maximum Gasteiger partial charge on any atom is 0.416 e. The number of aryl methyl sites for hydroxylation is 1. The zero-order chi connectivity index (χ0) is 24.3. The molecule has 3 aromatic rings. The number of hydrogen-bond donors (Lipinski definition) is 0. The lowest BCUT2D eigenvalue weighted by molar-refractivity contribution is -0.137. The van der Waals surface area contributed by atoms with Gasteiger partial charge in [0, 0.05) is 44.6 Å². The van der Waals surface area contributed by atoms with Gasteiger partial charge >= 0.3 is 6.18 Å². The number of hydrogen-bond acceptors (Lipinski definition) is 6. The van der Waals surface area contributed by atoms with Crippen LogP contribution in [-0.2, 0) is 17.4 Å². The molecular weight excluding hydrogens is 447 g/mol. The number of halogens is 3. The summed E-state index contributed by atoms with van der Waals surface area (Å²) in [5.74, 6) is 1.32. The summed E-state index contributed by atoms with van der Waals surface area (Å²) >= 11 is 0. The number of rotatable bonds is 6. The van der Waals surface area contributed by atoms with Crippen molar-refractivity contribution in [3.05, 3.63) is 35.7 Å². The lowest BCUT2D eigenvalue weighted by Gasteiger charge is -2.23. The number of carbonyl (C=O) groups excluding carboxylic acids is 1. The summed E-state index contributed by atoms with van der Waals surface area (Å²) in [6.45, 7) is 6.43. The Labute approximate surface area is 195 Å². The minimum absolute atomic E-state index is 0.137. The van der Waals surface area contributed by atoms with E-state index in [1.165, 1.54) is 6.07 Å². The van der Waals surface area contributed by atoms with Crippen molar-refractivity contribution in [2.24, 2.45) is 0 Å². The van der Waals surface area contributed by atoms with Crippen LogP contribution >= 0.6 is 0 Å². The van der Waals surface area contributed by atoms with Crippen LogP contribution in [0, 0.1) is 0 Å². The lowest BCUT2D eigenvalue weighted by atomic mass is 10.1. The maximum atomic E-state index is 13.3. The fourth-order valence-electron chi connectivity index (χ4n) is 4.23. The van der Waals surface area contributed by atoms with E-state index in [0.29, 0.717) is 56.0 Å². The van der Waals surface area contributed by atoms with E-state index in [9.17, 15) is 18.0 Å². The summed E-state index contributed by atoms with van der Waals surface area (Å²) in [6.07, 6.45) is -0.927. The fourth-order valence-corrected chi connectivity index (χ4v) is 4.23. The van der Waals surface area contributed by atoms with Gasteiger partial charge in [0.25, 0.3) is 5.71 Å². The van der Waals surface area contributed by atoms with Gasteiger partial charge in [-0.3, -0.25) is 4.79 Å². The lowest BCUT2D eigenvalue weighted by Crippen LogP contribution is -2.35. The Morgan fingerprint density at radius 2 is 1.91 bits per heavy atom. The Hall–Kier alpha value is -3.17.